The second-order valence-corrected chi connectivity index (χ2v) is 14.2. The molecule has 1 aromatic carbocycles. The zero-order valence-corrected chi connectivity index (χ0v) is 26.3. The zero-order chi connectivity index (χ0) is 35.0. The Morgan fingerprint density at radius 1 is 0.915 bits per heavy atom. The van der Waals surface area contributed by atoms with E-state index < -0.39 is 55.1 Å². The Bertz CT molecular complexity index is 1280. The molecule has 2 N–H and O–H groups in total. The van der Waals surface area contributed by atoms with Gasteiger partial charge in [-0.2, -0.15) is 39.5 Å². The highest BCUT2D eigenvalue weighted by atomic mass is 19.4. The van der Waals surface area contributed by atoms with Crippen LogP contribution in [-0.2, 0) is 16.0 Å². The molecule has 47 heavy (non-hydrogen) atoms. The van der Waals surface area contributed by atoms with Crippen LogP contribution < -0.4 is 0 Å². The van der Waals surface area contributed by atoms with E-state index in [0.717, 1.165) is 56.9 Å². The van der Waals surface area contributed by atoms with E-state index >= 15 is 0 Å². The number of carbonyl (C=O) groups is 2. The molecule has 4 unspecified atom stereocenters. The van der Waals surface area contributed by atoms with E-state index in [1.54, 1.807) is 6.07 Å². The molecular weight excluding hydrogens is 643 g/mol. The van der Waals surface area contributed by atoms with Gasteiger partial charge < -0.3 is 10.2 Å². The van der Waals surface area contributed by atoms with Crippen molar-refractivity contribution in [2.24, 2.45) is 29.1 Å². The summed E-state index contributed by atoms with van der Waals surface area (Å²) in [6.45, 7) is 2.12. The van der Waals surface area contributed by atoms with Crippen molar-refractivity contribution in [2.75, 3.05) is 0 Å². The van der Waals surface area contributed by atoms with E-state index in [1.165, 1.54) is 5.56 Å². The lowest BCUT2D eigenvalue weighted by atomic mass is 9.52. The van der Waals surface area contributed by atoms with E-state index in [4.69, 9.17) is 0 Å². The van der Waals surface area contributed by atoms with Gasteiger partial charge in [-0.25, -0.2) is 0 Å². The number of carbonyl (C=O) groups excluding carboxylic acids is 1. The SMILES string of the molecule is C[C@]12CCC3c4ccc(O)cc4C[C@@H](CCCCCCCC(CCCC(F)(F)C(F)(F)C(F)(F)C(F)(F)F)C(=O)O)C3C1CCC2=O. The Kier molecular flexibility index (Phi) is 11.0. The van der Waals surface area contributed by atoms with E-state index in [0.29, 0.717) is 48.7 Å². The molecule has 0 heterocycles. The minimum atomic E-state index is -6.95. The van der Waals surface area contributed by atoms with Crippen molar-refractivity contribution in [1.82, 2.24) is 0 Å². The Hall–Kier alpha value is -2.47. The number of hydrogen-bond acceptors (Lipinski definition) is 3. The number of Topliss-reactive ketones (excluding diaryl/α,β-unsaturated/α-hetero) is 1. The molecule has 4 nitrogen and oxygen atoms in total. The molecule has 0 spiro atoms. The van der Waals surface area contributed by atoms with Crippen LogP contribution >= 0.6 is 0 Å². The Balaban J connectivity index is 1.24. The number of alkyl halides is 9. The number of benzene rings is 1. The summed E-state index contributed by atoms with van der Waals surface area (Å²) in [5.74, 6) is -20.0. The lowest BCUT2D eigenvalue weighted by Crippen LogP contribution is -2.60. The van der Waals surface area contributed by atoms with Crippen molar-refractivity contribution < 1.29 is 59.3 Å². The van der Waals surface area contributed by atoms with E-state index in [-0.39, 0.29) is 17.6 Å². The molecule has 266 valence electrons. The third-order valence-electron chi connectivity index (χ3n) is 11.3. The topological polar surface area (TPSA) is 74.6 Å². The maximum atomic E-state index is 13.8. The maximum Gasteiger partial charge on any atom is 0.460 e. The summed E-state index contributed by atoms with van der Waals surface area (Å²) in [7, 11) is 0. The molecule has 0 bridgehead atoms. The van der Waals surface area contributed by atoms with Crippen molar-refractivity contribution in [2.45, 2.75) is 133 Å². The third-order valence-corrected chi connectivity index (χ3v) is 11.3. The Morgan fingerprint density at radius 3 is 2.21 bits per heavy atom. The molecule has 1 aromatic rings. The van der Waals surface area contributed by atoms with Gasteiger partial charge in [-0.05, 0) is 98.3 Å². The van der Waals surface area contributed by atoms with Gasteiger partial charge in [0, 0.05) is 18.3 Å². The van der Waals surface area contributed by atoms with Gasteiger partial charge in [0.2, 0.25) is 0 Å². The molecule has 0 aliphatic heterocycles. The minimum Gasteiger partial charge on any atom is -0.508 e. The van der Waals surface area contributed by atoms with Crippen LogP contribution in [0.1, 0.15) is 114 Å². The largest absolute Gasteiger partial charge is 0.508 e. The van der Waals surface area contributed by atoms with Crippen LogP contribution in [-0.4, -0.2) is 45.9 Å². The number of hydrogen-bond donors (Lipinski definition) is 2. The van der Waals surface area contributed by atoms with Gasteiger partial charge in [-0.3, -0.25) is 9.59 Å². The van der Waals surface area contributed by atoms with Gasteiger partial charge in [0.15, 0.2) is 0 Å². The van der Waals surface area contributed by atoms with Crippen molar-refractivity contribution >= 4 is 11.8 Å². The average molecular weight is 687 g/mol. The summed E-state index contributed by atoms with van der Waals surface area (Å²) in [5, 5.41) is 19.6. The molecule has 0 aromatic heterocycles. The van der Waals surface area contributed by atoms with E-state index in [2.05, 4.69) is 6.92 Å². The minimum absolute atomic E-state index is 0.0248. The van der Waals surface area contributed by atoms with Crippen LogP contribution in [0.25, 0.3) is 0 Å². The van der Waals surface area contributed by atoms with Crippen molar-refractivity contribution in [1.29, 1.82) is 0 Å². The summed E-state index contributed by atoms with van der Waals surface area (Å²) in [4.78, 5) is 24.5. The molecule has 0 saturated heterocycles. The number of phenolic OH excluding ortho intramolecular Hbond substituents is 1. The summed E-state index contributed by atoms with van der Waals surface area (Å²) in [6.07, 6.45) is -1.87. The second-order valence-electron chi connectivity index (χ2n) is 14.2. The number of carboxylic acids is 1. The average Bonchev–Trinajstić information content (AvgIpc) is 3.28. The quantitative estimate of drug-likeness (QED) is 0.142. The number of halogens is 9. The Labute approximate surface area is 268 Å². The summed E-state index contributed by atoms with van der Waals surface area (Å²) < 4.78 is 118. The molecular formula is C34H43F9O4. The van der Waals surface area contributed by atoms with Crippen molar-refractivity contribution in [3.05, 3.63) is 29.3 Å². The van der Waals surface area contributed by atoms with Gasteiger partial charge in [-0.15, -0.1) is 0 Å². The number of aliphatic carboxylic acids is 1. The number of fused-ring (bicyclic) bond motifs is 5. The first kappa shape index (κ1) is 37.4. The van der Waals surface area contributed by atoms with Crippen LogP contribution in [0.5, 0.6) is 5.75 Å². The molecule has 2 fully saturated rings. The second kappa shape index (κ2) is 13.8. The third kappa shape index (κ3) is 7.28. The first-order valence-electron chi connectivity index (χ1n) is 16.5. The maximum absolute atomic E-state index is 13.8. The molecule has 3 aliphatic rings. The summed E-state index contributed by atoms with van der Waals surface area (Å²) in [5.41, 5.74) is 2.13. The summed E-state index contributed by atoms with van der Waals surface area (Å²) >= 11 is 0. The van der Waals surface area contributed by atoms with Gasteiger partial charge >= 0.3 is 29.9 Å². The molecule has 6 atom stereocenters. The molecule has 0 amide bonds. The number of unbranched alkanes of at least 4 members (excludes halogenated alkanes) is 4. The molecule has 0 radical (unpaired) electrons. The van der Waals surface area contributed by atoms with Crippen LogP contribution in [0.3, 0.4) is 0 Å². The van der Waals surface area contributed by atoms with Gasteiger partial charge in [-0.1, -0.05) is 45.1 Å². The smallest absolute Gasteiger partial charge is 0.460 e. The van der Waals surface area contributed by atoms with Gasteiger partial charge in [0.1, 0.15) is 11.5 Å². The monoisotopic (exact) mass is 686 g/mol. The number of ketones is 1. The lowest BCUT2D eigenvalue weighted by molar-refractivity contribution is -0.396. The normalized spacial score (nSPS) is 27.2. The highest BCUT2D eigenvalue weighted by Gasteiger charge is 2.81. The van der Waals surface area contributed by atoms with Gasteiger partial charge in [0.25, 0.3) is 0 Å². The summed E-state index contributed by atoms with van der Waals surface area (Å²) in [6, 6.07) is 5.59. The van der Waals surface area contributed by atoms with Crippen LogP contribution in [0.4, 0.5) is 39.5 Å². The highest BCUT2D eigenvalue weighted by molar-refractivity contribution is 5.87. The fourth-order valence-electron chi connectivity index (χ4n) is 8.69. The predicted molar refractivity (Wildman–Crippen MR) is 155 cm³/mol. The fourth-order valence-corrected chi connectivity index (χ4v) is 8.69. The fraction of sp³-hybridized carbons (Fsp3) is 0.765. The number of rotatable bonds is 15. The number of phenols is 1. The molecule has 2 saturated carbocycles. The first-order valence-corrected chi connectivity index (χ1v) is 16.5. The standard InChI is InChI=1S/C34H43F9O4/c1-30-17-15-25-24-12-11-23(44)19-22(24)18-21(28(25)26(30)13-14-27(30)45)9-6-4-2-3-5-8-20(29(46)47)10-7-16-31(35,36)32(37,38)33(39,40)34(41,42)43/h11-12,19-21,25-26,28,44H,2-10,13-18H2,1H3,(H,46,47)/t20?,21-,25?,26?,28?,30+/m1/s1. The van der Waals surface area contributed by atoms with Crippen molar-refractivity contribution in [3.63, 3.8) is 0 Å². The number of carboxylic acid groups (broad SMARTS) is 1. The number of aromatic hydroxyl groups is 1. The van der Waals surface area contributed by atoms with Crippen LogP contribution in [0, 0.1) is 29.1 Å². The van der Waals surface area contributed by atoms with Crippen LogP contribution in [0.2, 0.25) is 0 Å². The molecule has 4 rings (SSSR count). The Morgan fingerprint density at radius 2 is 1.55 bits per heavy atom. The van der Waals surface area contributed by atoms with E-state index in [1.807, 2.05) is 12.1 Å². The molecule has 13 heteroatoms. The first-order chi connectivity index (χ1) is 21.7. The molecule has 3 aliphatic carbocycles. The van der Waals surface area contributed by atoms with Gasteiger partial charge in [0.05, 0.1) is 5.92 Å². The van der Waals surface area contributed by atoms with Crippen molar-refractivity contribution in [3.8, 4) is 5.75 Å². The highest BCUT2D eigenvalue weighted by Crippen LogP contribution is 2.62. The van der Waals surface area contributed by atoms with E-state index in [9.17, 15) is 59.3 Å². The predicted octanol–water partition coefficient (Wildman–Crippen LogP) is 10.1. The zero-order valence-electron chi connectivity index (χ0n) is 26.3. The van der Waals surface area contributed by atoms with Crippen LogP contribution in [0.15, 0.2) is 18.2 Å². The lowest BCUT2D eigenvalue weighted by Gasteiger charge is -2.51.